The number of urea groups is 1. The minimum atomic E-state index is -0.583. The van der Waals surface area contributed by atoms with Gasteiger partial charge in [0.15, 0.2) is 6.29 Å². The van der Waals surface area contributed by atoms with Crippen molar-refractivity contribution in [3.05, 3.63) is 101 Å². The molecule has 0 unspecified atom stereocenters. The maximum absolute atomic E-state index is 12.4. The summed E-state index contributed by atoms with van der Waals surface area (Å²) in [6, 6.07) is 25.1. The lowest BCUT2D eigenvalue weighted by Crippen LogP contribution is -2.46. The Morgan fingerprint density at radius 1 is 0.925 bits per heavy atom. The van der Waals surface area contributed by atoms with Gasteiger partial charge >= 0.3 is 6.03 Å². The number of amides is 2. The van der Waals surface area contributed by atoms with Gasteiger partial charge in [-0.05, 0) is 48.2 Å². The second kappa shape index (κ2) is 13.4. The van der Waals surface area contributed by atoms with Crippen molar-refractivity contribution in [2.24, 2.45) is 5.92 Å². The summed E-state index contributed by atoms with van der Waals surface area (Å²) in [5.74, 6) is 0.0745. The summed E-state index contributed by atoms with van der Waals surface area (Å²) in [6.07, 6.45) is 1.19. The third-order valence-electron chi connectivity index (χ3n) is 7.98. The molecule has 8 nitrogen and oxygen atoms in total. The molecule has 2 amide bonds. The molecule has 2 fully saturated rings. The van der Waals surface area contributed by atoms with E-state index in [2.05, 4.69) is 22.5 Å². The lowest BCUT2D eigenvalue weighted by molar-refractivity contribution is -0.276. The summed E-state index contributed by atoms with van der Waals surface area (Å²) < 4.78 is 13.1. The quantitative estimate of drug-likeness (QED) is 0.310. The Kier molecular flexibility index (Phi) is 9.46. The highest BCUT2D eigenvalue weighted by Gasteiger charge is 2.40. The molecule has 2 aliphatic rings. The molecule has 0 spiro atoms. The number of ether oxygens (including phenoxy) is 2. The third-order valence-corrected chi connectivity index (χ3v) is 7.98. The smallest absolute Gasteiger partial charge is 0.319 e. The minimum Gasteiger partial charge on any atom is -0.395 e. The standard InChI is InChI=1S/C32H39N3O5/c1-22-29(19-35-17-5-8-28(35)21-37)39-31(40-30(22)25-11-9-24(20-36)10-12-25)26-13-15-27(16-14-26)34-32(38)33-18-23-6-3-2-4-7-23/h2-4,6-7,9-16,22,28-31,36-37H,5,8,17-21H2,1H3,(H2,33,34,38)/t22-,28+,29+,30+,31+/m1/s1. The molecule has 0 aliphatic carbocycles. The zero-order chi connectivity index (χ0) is 27.9. The number of carbonyl (C=O) groups is 1. The van der Waals surface area contributed by atoms with E-state index in [1.807, 2.05) is 78.9 Å². The summed E-state index contributed by atoms with van der Waals surface area (Å²) >= 11 is 0. The monoisotopic (exact) mass is 545 g/mol. The second-order valence-corrected chi connectivity index (χ2v) is 10.7. The van der Waals surface area contributed by atoms with Crippen molar-refractivity contribution in [3.63, 3.8) is 0 Å². The summed E-state index contributed by atoms with van der Waals surface area (Å²) in [6.45, 7) is 4.42. The Morgan fingerprint density at radius 3 is 2.35 bits per heavy atom. The first-order valence-corrected chi connectivity index (χ1v) is 14.1. The lowest BCUT2D eigenvalue weighted by atomic mass is 9.90. The number of likely N-dealkylation sites (tertiary alicyclic amines) is 1. The molecule has 212 valence electrons. The Bertz CT molecular complexity index is 1220. The highest BCUT2D eigenvalue weighted by molar-refractivity contribution is 5.89. The lowest BCUT2D eigenvalue weighted by Gasteiger charge is -2.43. The molecular formula is C32H39N3O5. The first-order chi connectivity index (χ1) is 19.5. The van der Waals surface area contributed by atoms with Crippen molar-refractivity contribution in [1.82, 2.24) is 10.2 Å². The topological polar surface area (TPSA) is 103 Å². The van der Waals surface area contributed by atoms with Gasteiger partial charge < -0.3 is 30.3 Å². The van der Waals surface area contributed by atoms with Crippen LogP contribution in [0.3, 0.4) is 0 Å². The molecule has 4 N–H and O–H groups in total. The van der Waals surface area contributed by atoms with Crippen LogP contribution < -0.4 is 10.6 Å². The molecular weight excluding hydrogens is 506 g/mol. The SMILES string of the molecule is C[C@@H]1[C@H](CN2CCC[C@H]2CO)O[C@H](c2ccc(NC(=O)NCc3ccccc3)cc2)O[C@@H]1c1ccc(CO)cc1. The Morgan fingerprint density at radius 2 is 1.65 bits per heavy atom. The first-order valence-electron chi connectivity index (χ1n) is 14.1. The van der Waals surface area contributed by atoms with Gasteiger partial charge in [0.1, 0.15) is 0 Å². The number of nitrogens with zero attached hydrogens (tertiary/aromatic N) is 1. The van der Waals surface area contributed by atoms with E-state index in [9.17, 15) is 15.0 Å². The zero-order valence-electron chi connectivity index (χ0n) is 22.9. The predicted octanol–water partition coefficient (Wildman–Crippen LogP) is 4.75. The molecule has 2 saturated heterocycles. The number of rotatable bonds is 9. The van der Waals surface area contributed by atoms with Gasteiger partial charge in [-0.2, -0.15) is 0 Å². The van der Waals surface area contributed by atoms with Crippen LogP contribution in [0.25, 0.3) is 0 Å². The van der Waals surface area contributed by atoms with Crippen LogP contribution in [0.5, 0.6) is 0 Å². The molecule has 0 aromatic heterocycles. The molecule has 8 heteroatoms. The molecule has 0 saturated carbocycles. The van der Waals surface area contributed by atoms with Crippen LogP contribution >= 0.6 is 0 Å². The van der Waals surface area contributed by atoms with E-state index >= 15 is 0 Å². The van der Waals surface area contributed by atoms with Gasteiger partial charge in [0.05, 0.1) is 25.4 Å². The fourth-order valence-corrected chi connectivity index (χ4v) is 5.58. The van der Waals surface area contributed by atoms with E-state index in [1.54, 1.807) is 0 Å². The van der Waals surface area contributed by atoms with Gasteiger partial charge in [0.2, 0.25) is 0 Å². The molecule has 5 atom stereocenters. The minimum absolute atomic E-state index is 0.00209. The number of nitrogens with one attached hydrogen (secondary N) is 2. The molecule has 2 aliphatic heterocycles. The Labute approximate surface area is 235 Å². The summed E-state index contributed by atoms with van der Waals surface area (Å²) in [7, 11) is 0. The molecule has 3 aromatic rings. The summed E-state index contributed by atoms with van der Waals surface area (Å²) in [4.78, 5) is 14.7. The number of benzene rings is 3. The fraction of sp³-hybridized carbons (Fsp3) is 0.406. The highest BCUT2D eigenvalue weighted by atomic mass is 16.7. The predicted molar refractivity (Wildman–Crippen MR) is 153 cm³/mol. The molecule has 2 heterocycles. The van der Waals surface area contributed by atoms with Gasteiger partial charge in [0.25, 0.3) is 0 Å². The van der Waals surface area contributed by atoms with E-state index in [4.69, 9.17) is 9.47 Å². The largest absolute Gasteiger partial charge is 0.395 e. The highest BCUT2D eigenvalue weighted by Crippen LogP contribution is 2.42. The average Bonchev–Trinajstić information content (AvgIpc) is 3.45. The van der Waals surface area contributed by atoms with Gasteiger partial charge in [-0.1, -0.05) is 73.7 Å². The van der Waals surface area contributed by atoms with E-state index in [1.165, 1.54) is 0 Å². The molecule has 40 heavy (non-hydrogen) atoms. The average molecular weight is 546 g/mol. The van der Waals surface area contributed by atoms with Crippen LogP contribution in [0.15, 0.2) is 78.9 Å². The van der Waals surface area contributed by atoms with Crippen LogP contribution in [0.1, 0.15) is 54.4 Å². The maximum atomic E-state index is 12.4. The van der Waals surface area contributed by atoms with Crippen molar-refractivity contribution in [2.45, 2.75) is 57.5 Å². The number of anilines is 1. The number of aliphatic hydroxyl groups is 2. The van der Waals surface area contributed by atoms with E-state index in [0.29, 0.717) is 12.2 Å². The zero-order valence-corrected chi connectivity index (χ0v) is 22.9. The third kappa shape index (κ3) is 6.89. The number of aliphatic hydroxyl groups excluding tert-OH is 2. The summed E-state index contributed by atoms with van der Waals surface area (Å²) in [5, 5.41) is 25.1. The fourth-order valence-electron chi connectivity index (χ4n) is 5.58. The normalized spacial score (nSPS) is 25.0. The van der Waals surface area contributed by atoms with Gasteiger partial charge in [-0.15, -0.1) is 0 Å². The van der Waals surface area contributed by atoms with Crippen molar-refractivity contribution in [3.8, 4) is 0 Å². The van der Waals surface area contributed by atoms with Gasteiger partial charge in [-0.3, -0.25) is 4.90 Å². The number of hydrogen-bond donors (Lipinski definition) is 4. The molecule has 0 radical (unpaired) electrons. The van der Waals surface area contributed by atoms with Crippen LogP contribution in [-0.4, -0.2) is 53.0 Å². The van der Waals surface area contributed by atoms with Crippen molar-refractivity contribution in [1.29, 1.82) is 0 Å². The number of carbonyl (C=O) groups excluding carboxylic acids is 1. The van der Waals surface area contributed by atoms with E-state index in [0.717, 1.165) is 48.2 Å². The van der Waals surface area contributed by atoms with Crippen LogP contribution in [-0.2, 0) is 22.6 Å². The van der Waals surface area contributed by atoms with Gasteiger partial charge in [0, 0.05) is 36.3 Å². The Balaban J connectivity index is 1.28. The van der Waals surface area contributed by atoms with Crippen LogP contribution in [0, 0.1) is 5.92 Å². The molecule has 0 bridgehead atoms. The maximum Gasteiger partial charge on any atom is 0.319 e. The van der Waals surface area contributed by atoms with Crippen molar-refractivity contribution >= 4 is 11.7 Å². The van der Waals surface area contributed by atoms with Crippen molar-refractivity contribution < 1.29 is 24.5 Å². The van der Waals surface area contributed by atoms with Gasteiger partial charge in [-0.25, -0.2) is 4.79 Å². The second-order valence-electron chi connectivity index (χ2n) is 10.7. The van der Waals surface area contributed by atoms with E-state index in [-0.39, 0.29) is 43.4 Å². The molecule has 5 rings (SSSR count). The molecule has 3 aromatic carbocycles. The van der Waals surface area contributed by atoms with E-state index < -0.39 is 6.29 Å². The Hall–Kier alpha value is -3.27. The number of hydrogen-bond acceptors (Lipinski definition) is 6. The van der Waals surface area contributed by atoms with Crippen LogP contribution in [0.2, 0.25) is 0 Å². The van der Waals surface area contributed by atoms with Crippen LogP contribution in [0.4, 0.5) is 10.5 Å². The first kappa shape index (κ1) is 28.3. The summed E-state index contributed by atoms with van der Waals surface area (Å²) in [5.41, 5.74) is 4.47. The van der Waals surface area contributed by atoms with Crippen molar-refractivity contribution in [2.75, 3.05) is 25.0 Å².